The third kappa shape index (κ3) is 5.16. The Morgan fingerprint density at radius 3 is 2.38 bits per heavy atom. The lowest BCUT2D eigenvalue weighted by atomic mass is 10.0. The van der Waals surface area contributed by atoms with E-state index in [-0.39, 0.29) is 6.42 Å². The Kier molecular flexibility index (Phi) is 7.43. The molecule has 0 radical (unpaired) electrons. The minimum atomic E-state index is -3.61. The summed E-state index contributed by atoms with van der Waals surface area (Å²) < 4.78 is 23.3. The van der Waals surface area contributed by atoms with Crippen LogP contribution in [0.4, 0.5) is 0 Å². The lowest BCUT2D eigenvalue weighted by Gasteiger charge is -2.24. The van der Waals surface area contributed by atoms with Gasteiger partial charge in [0.05, 0.1) is 3.79 Å². The van der Waals surface area contributed by atoms with Gasteiger partial charge in [0.15, 0.2) is 9.84 Å². The Hall–Kier alpha value is -0.740. The van der Waals surface area contributed by atoms with Crippen molar-refractivity contribution in [1.29, 1.82) is 0 Å². The first-order valence-electron chi connectivity index (χ1n) is 8.16. The zero-order chi connectivity index (χ0) is 19.4. The van der Waals surface area contributed by atoms with Crippen molar-refractivity contribution in [2.45, 2.75) is 43.8 Å². The summed E-state index contributed by atoms with van der Waals surface area (Å²) in [6, 6.07) is 8.40. The highest BCUT2D eigenvalue weighted by Crippen LogP contribution is 2.36. The molecule has 9 heteroatoms. The van der Waals surface area contributed by atoms with E-state index in [9.17, 15) is 13.2 Å². The van der Waals surface area contributed by atoms with Gasteiger partial charge < -0.3 is 0 Å². The number of sulfone groups is 1. The standard InChI is InChI=1S/C17H22BrNO4S3/c1-17(16(20)19-21,26(2,22)23)11-5-3-4-6-12-7-8-13(24-12)14-9-10-15(18)25-14/h7-10,21H,3-6,11H2,1-2H3,(H,19,20). The molecular formula is C17H22BrNO4S3. The summed E-state index contributed by atoms with van der Waals surface area (Å²) in [7, 11) is -3.61. The van der Waals surface area contributed by atoms with E-state index >= 15 is 0 Å². The van der Waals surface area contributed by atoms with Crippen molar-refractivity contribution < 1.29 is 18.4 Å². The fourth-order valence-corrected chi connectivity index (χ4v) is 6.04. The van der Waals surface area contributed by atoms with Crippen LogP contribution >= 0.6 is 38.6 Å². The SMILES string of the molecule is CC(CCCCCc1ccc(-c2ccc(Br)s2)s1)(C(=O)NO)S(C)(=O)=O. The molecule has 1 unspecified atom stereocenters. The van der Waals surface area contributed by atoms with Crippen LogP contribution in [0.5, 0.6) is 0 Å². The molecule has 2 aromatic rings. The number of thiophene rings is 2. The zero-order valence-corrected chi connectivity index (χ0v) is 18.7. The van der Waals surface area contributed by atoms with Gasteiger partial charge in [-0.25, -0.2) is 13.9 Å². The van der Waals surface area contributed by atoms with Crippen LogP contribution in [0.25, 0.3) is 9.75 Å². The molecule has 0 saturated heterocycles. The third-order valence-electron chi connectivity index (χ3n) is 4.45. The fraction of sp³-hybridized carbons (Fsp3) is 0.471. The van der Waals surface area contributed by atoms with Gasteiger partial charge in [0, 0.05) is 20.9 Å². The van der Waals surface area contributed by atoms with Crippen molar-refractivity contribution in [1.82, 2.24) is 5.48 Å². The Labute approximate surface area is 170 Å². The van der Waals surface area contributed by atoms with Crippen LogP contribution in [0.15, 0.2) is 28.1 Å². The Balaban J connectivity index is 1.83. The number of hydrogen-bond acceptors (Lipinski definition) is 6. The Morgan fingerprint density at radius 1 is 1.15 bits per heavy atom. The molecule has 0 fully saturated rings. The first-order valence-corrected chi connectivity index (χ1v) is 12.5. The number of hydrogen-bond donors (Lipinski definition) is 2. The molecule has 0 aromatic carbocycles. The van der Waals surface area contributed by atoms with Crippen LogP contribution in [0, 0.1) is 0 Å². The predicted molar refractivity (Wildman–Crippen MR) is 111 cm³/mol. The van der Waals surface area contributed by atoms with Gasteiger partial charge >= 0.3 is 0 Å². The normalized spacial score (nSPS) is 14.2. The van der Waals surface area contributed by atoms with Gasteiger partial charge in [-0.05, 0) is 66.4 Å². The molecule has 0 spiro atoms. The zero-order valence-electron chi connectivity index (χ0n) is 14.6. The maximum Gasteiger partial charge on any atom is 0.264 e. The maximum absolute atomic E-state index is 11.9. The van der Waals surface area contributed by atoms with Crippen LogP contribution in [-0.2, 0) is 21.1 Å². The summed E-state index contributed by atoms with van der Waals surface area (Å²) in [5, 5.41) is 8.82. The molecule has 0 bridgehead atoms. The molecule has 0 saturated carbocycles. The number of amides is 1. The highest BCUT2D eigenvalue weighted by atomic mass is 79.9. The second-order valence-corrected chi connectivity index (χ2v) is 12.5. The highest BCUT2D eigenvalue weighted by molar-refractivity contribution is 9.11. The number of rotatable bonds is 9. The third-order valence-corrected chi connectivity index (χ3v) is 9.45. The van der Waals surface area contributed by atoms with Crippen molar-refractivity contribution in [3.8, 4) is 9.75 Å². The molecule has 2 N–H and O–H groups in total. The molecule has 0 aliphatic rings. The molecule has 2 aromatic heterocycles. The number of nitrogens with one attached hydrogen (secondary N) is 1. The van der Waals surface area contributed by atoms with Crippen LogP contribution in [-0.4, -0.2) is 30.5 Å². The monoisotopic (exact) mass is 479 g/mol. The van der Waals surface area contributed by atoms with Crippen LogP contribution in [0.3, 0.4) is 0 Å². The number of unbranched alkanes of at least 4 members (excludes halogenated alkanes) is 2. The van der Waals surface area contributed by atoms with E-state index < -0.39 is 20.5 Å². The van der Waals surface area contributed by atoms with Crippen molar-refractivity contribution >= 4 is 54.3 Å². The quantitative estimate of drug-likeness (QED) is 0.311. The average Bonchev–Trinajstić information content (AvgIpc) is 3.21. The van der Waals surface area contributed by atoms with E-state index in [0.29, 0.717) is 6.42 Å². The summed E-state index contributed by atoms with van der Waals surface area (Å²) in [6.07, 6.45) is 4.50. The van der Waals surface area contributed by atoms with E-state index in [2.05, 4.69) is 34.1 Å². The van der Waals surface area contributed by atoms with Gasteiger partial charge in [0.2, 0.25) is 0 Å². The molecule has 26 heavy (non-hydrogen) atoms. The number of halogens is 1. The summed E-state index contributed by atoms with van der Waals surface area (Å²) in [5.74, 6) is -0.870. The lowest BCUT2D eigenvalue weighted by Crippen LogP contribution is -2.49. The average molecular weight is 480 g/mol. The maximum atomic E-state index is 11.9. The van der Waals surface area contributed by atoms with Gasteiger partial charge in [0.25, 0.3) is 5.91 Å². The predicted octanol–water partition coefficient (Wildman–Crippen LogP) is 4.65. The smallest absolute Gasteiger partial charge is 0.264 e. The molecule has 2 heterocycles. The summed E-state index contributed by atoms with van der Waals surface area (Å²) in [6.45, 7) is 1.36. The van der Waals surface area contributed by atoms with Gasteiger partial charge in [-0.2, -0.15) is 0 Å². The number of aryl methyl sites for hydroxylation is 1. The van der Waals surface area contributed by atoms with Gasteiger partial charge in [-0.1, -0.05) is 12.8 Å². The molecule has 5 nitrogen and oxygen atoms in total. The van der Waals surface area contributed by atoms with Crippen LogP contribution in [0.1, 0.15) is 37.5 Å². The Bertz CT molecular complexity index is 859. The minimum absolute atomic E-state index is 0.192. The van der Waals surface area contributed by atoms with Crippen molar-refractivity contribution in [2.24, 2.45) is 0 Å². The van der Waals surface area contributed by atoms with Crippen LogP contribution < -0.4 is 5.48 Å². The summed E-state index contributed by atoms with van der Waals surface area (Å²) in [5.41, 5.74) is 1.48. The second kappa shape index (κ2) is 8.97. The molecule has 0 aliphatic carbocycles. The van der Waals surface area contributed by atoms with Gasteiger partial charge in [-0.15, -0.1) is 22.7 Å². The van der Waals surface area contributed by atoms with Gasteiger partial charge in [0.1, 0.15) is 4.75 Å². The summed E-state index contributed by atoms with van der Waals surface area (Å²) in [4.78, 5) is 15.6. The van der Waals surface area contributed by atoms with Gasteiger partial charge in [-0.3, -0.25) is 10.0 Å². The molecular weight excluding hydrogens is 458 g/mol. The largest absolute Gasteiger partial charge is 0.289 e. The molecule has 1 amide bonds. The van der Waals surface area contributed by atoms with E-state index in [1.165, 1.54) is 27.0 Å². The first kappa shape index (κ1) is 21.6. The van der Waals surface area contributed by atoms with E-state index in [0.717, 1.165) is 29.3 Å². The first-order chi connectivity index (χ1) is 12.2. The van der Waals surface area contributed by atoms with Crippen molar-refractivity contribution in [2.75, 3.05) is 6.26 Å². The lowest BCUT2D eigenvalue weighted by molar-refractivity contribution is -0.131. The van der Waals surface area contributed by atoms with E-state index in [1.54, 1.807) is 22.7 Å². The number of carbonyl (C=O) groups excluding carboxylic acids is 1. The number of carbonyl (C=O) groups is 1. The molecule has 2 rings (SSSR count). The minimum Gasteiger partial charge on any atom is -0.289 e. The molecule has 144 valence electrons. The summed E-state index contributed by atoms with van der Waals surface area (Å²) >= 11 is 6.96. The van der Waals surface area contributed by atoms with Crippen molar-refractivity contribution in [3.05, 3.63) is 32.9 Å². The highest BCUT2D eigenvalue weighted by Gasteiger charge is 2.42. The molecule has 1 atom stereocenters. The van der Waals surface area contributed by atoms with Crippen LogP contribution in [0.2, 0.25) is 0 Å². The Morgan fingerprint density at radius 2 is 1.81 bits per heavy atom. The van der Waals surface area contributed by atoms with E-state index in [4.69, 9.17) is 5.21 Å². The number of hydroxylamine groups is 1. The molecule has 0 aliphatic heterocycles. The second-order valence-electron chi connectivity index (χ2n) is 6.37. The van der Waals surface area contributed by atoms with Crippen molar-refractivity contribution in [3.63, 3.8) is 0 Å². The van der Waals surface area contributed by atoms with E-state index in [1.807, 2.05) is 6.07 Å². The fourth-order valence-electron chi connectivity index (χ4n) is 2.62. The topological polar surface area (TPSA) is 83.5 Å².